The number of halogens is 3. The Morgan fingerprint density at radius 1 is 1.39 bits per heavy atom. The summed E-state index contributed by atoms with van der Waals surface area (Å²) in [6, 6.07) is 4.61. The van der Waals surface area contributed by atoms with Gasteiger partial charge in [0.05, 0.1) is 23.8 Å². The number of hydrogen-bond acceptors (Lipinski definition) is 3. The second-order valence-electron chi connectivity index (χ2n) is 5.95. The van der Waals surface area contributed by atoms with E-state index in [9.17, 15) is 18.0 Å². The van der Waals surface area contributed by atoms with Gasteiger partial charge in [-0.05, 0) is 18.6 Å². The van der Waals surface area contributed by atoms with E-state index < -0.39 is 17.6 Å². The van der Waals surface area contributed by atoms with Crippen LogP contribution in [-0.4, -0.2) is 38.4 Å². The van der Waals surface area contributed by atoms with Crippen LogP contribution in [0, 0.1) is 11.8 Å². The second kappa shape index (κ2) is 6.13. The van der Waals surface area contributed by atoms with Gasteiger partial charge in [-0.15, -0.1) is 0 Å². The number of hydrogen-bond donors (Lipinski definition) is 1. The lowest BCUT2D eigenvalue weighted by atomic mass is 9.67. The van der Waals surface area contributed by atoms with Crippen LogP contribution < -0.4 is 5.32 Å². The number of rotatable bonds is 4. The van der Waals surface area contributed by atoms with Gasteiger partial charge in [0.25, 0.3) is 5.91 Å². The maximum atomic E-state index is 13.0. The molecule has 2 aliphatic rings. The van der Waals surface area contributed by atoms with Crippen LogP contribution in [0.5, 0.6) is 0 Å². The molecular weight excluding hydrogens is 311 g/mol. The molecule has 1 aromatic carbocycles. The fraction of sp³-hybridized carbons (Fsp3) is 0.562. The number of fused-ring (bicyclic) bond motifs is 1. The molecule has 1 aliphatic carbocycles. The topological polar surface area (TPSA) is 47.6 Å². The first kappa shape index (κ1) is 16.3. The van der Waals surface area contributed by atoms with Gasteiger partial charge in [0.2, 0.25) is 0 Å². The lowest BCUT2D eigenvalue weighted by molar-refractivity contribution is -0.138. The molecule has 126 valence electrons. The summed E-state index contributed by atoms with van der Waals surface area (Å²) in [5.74, 6) is -0.568. The van der Waals surface area contributed by atoms with Crippen LogP contribution in [0.15, 0.2) is 24.3 Å². The zero-order chi connectivity index (χ0) is 16.6. The van der Waals surface area contributed by atoms with Gasteiger partial charge >= 0.3 is 6.18 Å². The van der Waals surface area contributed by atoms with Gasteiger partial charge in [-0.2, -0.15) is 13.2 Å². The third kappa shape index (κ3) is 2.95. The Bertz CT molecular complexity index is 590. The molecule has 1 N–H and O–H groups in total. The summed E-state index contributed by atoms with van der Waals surface area (Å²) in [5, 5.41) is 2.75. The number of carbonyl (C=O) groups excluding carboxylic acids is 1. The average molecular weight is 329 g/mol. The molecule has 4 nitrogen and oxygen atoms in total. The highest BCUT2D eigenvalue weighted by atomic mass is 19.4. The maximum absolute atomic E-state index is 13.0. The zero-order valence-electron chi connectivity index (χ0n) is 12.6. The Labute approximate surface area is 132 Å². The van der Waals surface area contributed by atoms with Crippen molar-refractivity contribution in [1.82, 2.24) is 5.32 Å². The minimum absolute atomic E-state index is 0.0190. The SMILES string of the molecule is COC[C@@H]1[C@H](NC(=O)c2ccccc2C(F)(F)F)[C@@H]2CCO[C@H]12. The minimum Gasteiger partial charge on any atom is -0.384 e. The van der Waals surface area contributed by atoms with E-state index in [-0.39, 0.29) is 29.5 Å². The number of alkyl halides is 3. The van der Waals surface area contributed by atoms with Crippen molar-refractivity contribution >= 4 is 5.91 Å². The Balaban J connectivity index is 1.77. The summed E-state index contributed by atoms with van der Waals surface area (Å²) in [7, 11) is 1.56. The van der Waals surface area contributed by atoms with Crippen LogP contribution in [0.3, 0.4) is 0 Å². The largest absolute Gasteiger partial charge is 0.417 e. The normalized spacial score (nSPS) is 29.7. The molecule has 1 aliphatic heterocycles. The minimum atomic E-state index is -4.56. The van der Waals surface area contributed by atoms with Crippen LogP contribution in [-0.2, 0) is 15.7 Å². The van der Waals surface area contributed by atoms with Crippen molar-refractivity contribution < 1.29 is 27.4 Å². The predicted octanol–water partition coefficient (Wildman–Crippen LogP) is 2.49. The number of methoxy groups -OCH3 is 1. The van der Waals surface area contributed by atoms with Gasteiger partial charge in [0.1, 0.15) is 0 Å². The number of ether oxygens (including phenoxy) is 2. The second-order valence-corrected chi connectivity index (χ2v) is 5.95. The van der Waals surface area contributed by atoms with Gasteiger partial charge in [-0.25, -0.2) is 0 Å². The molecule has 0 aromatic heterocycles. The first-order valence-corrected chi connectivity index (χ1v) is 7.51. The molecule has 2 fully saturated rings. The summed E-state index contributed by atoms with van der Waals surface area (Å²) in [6.07, 6.45) is -3.73. The van der Waals surface area contributed by atoms with E-state index in [4.69, 9.17) is 9.47 Å². The standard InChI is InChI=1S/C16H18F3NO3/c1-22-8-11-13(10-6-7-23-14(10)11)20-15(21)9-4-2-3-5-12(9)16(17,18)19/h2-5,10-11,13-14H,6-8H2,1H3,(H,20,21)/t10-,11+,13+,14-/m0/s1. The molecule has 3 rings (SSSR count). The van der Waals surface area contributed by atoms with E-state index in [0.717, 1.165) is 12.5 Å². The third-order valence-electron chi connectivity index (χ3n) is 4.66. The molecule has 23 heavy (non-hydrogen) atoms. The quantitative estimate of drug-likeness (QED) is 0.923. The van der Waals surface area contributed by atoms with Crippen molar-refractivity contribution in [3.05, 3.63) is 35.4 Å². The van der Waals surface area contributed by atoms with Gasteiger partial charge in [-0.3, -0.25) is 4.79 Å². The molecule has 1 aromatic rings. The van der Waals surface area contributed by atoms with E-state index in [1.54, 1.807) is 7.11 Å². The van der Waals surface area contributed by atoms with E-state index in [0.29, 0.717) is 13.2 Å². The van der Waals surface area contributed by atoms with Crippen molar-refractivity contribution in [1.29, 1.82) is 0 Å². The average Bonchev–Trinajstić information content (AvgIpc) is 2.93. The first-order valence-electron chi connectivity index (χ1n) is 7.51. The van der Waals surface area contributed by atoms with Gasteiger partial charge in [0, 0.05) is 31.6 Å². The van der Waals surface area contributed by atoms with Crippen LogP contribution >= 0.6 is 0 Å². The highest BCUT2D eigenvalue weighted by Gasteiger charge is 2.54. The van der Waals surface area contributed by atoms with Gasteiger partial charge in [-0.1, -0.05) is 12.1 Å². The Morgan fingerprint density at radius 3 is 2.83 bits per heavy atom. The zero-order valence-corrected chi connectivity index (χ0v) is 12.6. The van der Waals surface area contributed by atoms with E-state index in [2.05, 4.69) is 5.32 Å². The maximum Gasteiger partial charge on any atom is 0.417 e. The van der Waals surface area contributed by atoms with E-state index in [1.165, 1.54) is 18.2 Å². The highest BCUT2D eigenvalue weighted by molar-refractivity contribution is 5.96. The van der Waals surface area contributed by atoms with Gasteiger partial charge in [0.15, 0.2) is 0 Å². The monoisotopic (exact) mass is 329 g/mol. The van der Waals surface area contributed by atoms with Crippen molar-refractivity contribution in [2.45, 2.75) is 24.7 Å². The summed E-state index contributed by atoms with van der Waals surface area (Å²) >= 11 is 0. The molecule has 0 spiro atoms. The lowest BCUT2D eigenvalue weighted by Gasteiger charge is -2.47. The Hall–Kier alpha value is -1.60. The number of amides is 1. The van der Waals surface area contributed by atoms with E-state index >= 15 is 0 Å². The summed E-state index contributed by atoms with van der Waals surface area (Å²) in [6.45, 7) is 1.02. The molecule has 4 atom stereocenters. The molecule has 0 unspecified atom stereocenters. The number of nitrogens with one attached hydrogen (secondary N) is 1. The van der Waals surface area contributed by atoms with Crippen LogP contribution in [0.4, 0.5) is 13.2 Å². The predicted molar refractivity (Wildman–Crippen MR) is 75.9 cm³/mol. The van der Waals surface area contributed by atoms with E-state index in [1.807, 2.05) is 0 Å². The van der Waals surface area contributed by atoms with Crippen molar-refractivity contribution in [2.75, 3.05) is 20.3 Å². The molecule has 7 heteroatoms. The number of benzene rings is 1. The first-order chi connectivity index (χ1) is 10.9. The summed E-state index contributed by atoms with van der Waals surface area (Å²) < 4.78 is 49.8. The lowest BCUT2D eigenvalue weighted by Crippen LogP contribution is -2.62. The molecule has 0 radical (unpaired) electrons. The Morgan fingerprint density at radius 2 is 2.13 bits per heavy atom. The molecule has 0 bridgehead atoms. The summed E-state index contributed by atoms with van der Waals surface area (Å²) in [4.78, 5) is 12.4. The van der Waals surface area contributed by atoms with Crippen LogP contribution in [0.1, 0.15) is 22.3 Å². The molecule has 1 saturated heterocycles. The summed E-state index contributed by atoms with van der Waals surface area (Å²) in [5.41, 5.74) is -1.27. The number of carbonyl (C=O) groups is 1. The highest BCUT2D eigenvalue weighted by Crippen LogP contribution is 2.44. The molecule has 1 saturated carbocycles. The van der Waals surface area contributed by atoms with Crippen LogP contribution in [0.2, 0.25) is 0 Å². The molecule has 1 heterocycles. The van der Waals surface area contributed by atoms with Crippen molar-refractivity contribution in [3.63, 3.8) is 0 Å². The molecular formula is C16H18F3NO3. The smallest absolute Gasteiger partial charge is 0.384 e. The fourth-order valence-electron chi connectivity index (χ4n) is 3.59. The molecule has 1 amide bonds. The fourth-order valence-corrected chi connectivity index (χ4v) is 3.59. The van der Waals surface area contributed by atoms with Crippen LogP contribution in [0.25, 0.3) is 0 Å². The Kier molecular flexibility index (Phi) is 4.33. The third-order valence-corrected chi connectivity index (χ3v) is 4.66. The van der Waals surface area contributed by atoms with Gasteiger partial charge < -0.3 is 14.8 Å². The van der Waals surface area contributed by atoms with Crippen molar-refractivity contribution in [2.24, 2.45) is 11.8 Å². The van der Waals surface area contributed by atoms with Crippen molar-refractivity contribution in [3.8, 4) is 0 Å².